The zero-order valence-corrected chi connectivity index (χ0v) is 11.6. The van der Waals surface area contributed by atoms with Crippen molar-refractivity contribution in [3.63, 3.8) is 0 Å². The number of aryl methyl sites for hydroxylation is 1. The van der Waals surface area contributed by atoms with Crippen LogP contribution in [0, 0.1) is 5.92 Å². The van der Waals surface area contributed by atoms with Crippen molar-refractivity contribution in [3.05, 3.63) is 16.9 Å². The number of carbonyl (C=O) groups excluding carboxylic acids is 1. The van der Waals surface area contributed by atoms with Crippen molar-refractivity contribution >= 4 is 17.4 Å². The molecule has 0 aliphatic heterocycles. The van der Waals surface area contributed by atoms with Gasteiger partial charge in [-0.15, -0.1) is 0 Å². The van der Waals surface area contributed by atoms with E-state index in [2.05, 4.69) is 5.10 Å². The maximum Gasteiger partial charge on any atom is 0.211 e. The zero-order valence-electron chi connectivity index (χ0n) is 10.9. The molecule has 1 aromatic rings. The van der Waals surface area contributed by atoms with Gasteiger partial charge in [0.25, 0.3) is 0 Å². The van der Waals surface area contributed by atoms with Gasteiger partial charge in [-0.2, -0.15) is 5.10 Å². The second-order valence-corrected chi connectivity index (χ2v) is 5.29. The van der Waals surface area contributed by atoms with Gasteiger partial charge in [-0.1, -0.05) is 30.9 Å². The molecule has 18 heavy (non-hydrogen) atoms. The molecule has 0 spiro atoms. The van der Waals surface area contributed by atoms with Gasteiger partial charge in [-0.3, -0.25) is 9.48 Å². The number of aromatic nitrogens is 2. The van der Waals surface area contributed by atoms with Crippen LogP contribution in [0.3, 0.4) is 0 Å². The molecule has 0 saturated heterocycles. The summed E-state index contributed by atoms with van der Waals surface area (Å²) in [4.78, 5) is 12.5. The molecular formula is C13H19ClN2O2. The van der Waals surface area contributed by atoms with Gasteiger partial charge in [0.15, 0.2) is 0 Å². The normalized spacial score (nSPS) is 18.8. The second-order valence-electron chi connectivity index (χ2n) is 4.88. The van der Waals surface area contributed by atoms with Gasteiger partial charge in [-0.05, 0) is 18.8 Å². The Kier molecular flexibility index (Phi) is 4.40. The summed E-state index contributed by atoms with van der Waals surface area (Å²) in [5.74, 6) is 0.261. The number of hydrogen-bond acceptors (Lipinski definition) is 3. The fraction of sp³-hybridized carbons (Fsp3) is 0.692. The summed E-state index contributed by atoms with van der Waals surface area (Å²) in [6.45, 7) is 0. The Balaban J connectivity index is 2.19. The smallest absolute Gasteiger partial charge is 0.211 e. The van der Waals surface area contributed by atoms with Crippen LogP contribution < -0.4 is 0 Å². The molecule has 0 radical (unpaired) electrons. The van der Waals surface area contributed by atoms with E-state index in [0.29, 0.717) is 16.6 Å². The van der Waals surface area contributed by atoms with Gasteiger partial charge in [-0.25, -0.2) is 0 Å². The molecule has 0 N–H and O–H groups in total. The molecule has 1 atom stereocenters. The number of hydrogen-bond donors (Lipinski definition) is 0. The first-order chi connectivity index (χ1) is 8.65. The number of carbonyl (C=O) groups is 1. The molecule has 1 fully saturated rings. The van der Waals surface area contributed by atoms with Gasteiger partial charge in [0.1, 0.15) is 11.8 Å². The first kappa shape index (κ1) is 13.6. The standard InChI is InChI=1S/C13H19ClN2O2/c1-16-11(10(14)8-15-16)12(17)13(18-2)9-6-4-3-5-7-9/h8-9,13H,3-7H2,1-2H3. The molecule has 0 aromatic carbocycles. The van der Waals surface area contributed by atoms with Crippen molar-refractivity contribution in [2.45, 2.75) is 38.2 Å². The molecule has 0 bridgehead atoms. The van der Waals surface area contributed by atoms with Crippen molar-refractivity contribution in [1.29, 1.82) is 0 Å². The molecule has 100 valence electrons. The van der Waals surface area contributed by atoms with E-state index in [9.17, 15) is 4.79 Å². The summed E-state index contributed by atoms with van der Waals surface area (Å²) >= 11 is 6.02. The van der Waals surface area contributed by atoms with Crippen LogP contribution in [0.4, 0.5) is 0 Å². The molecule has 1 heterocycles. The van der Waals surface area contributed by atoms with Crippen molar-refractivity contribution in [1.82, 2.24) is 9.78 Å². The van der Waals surface area contributed by atoms with Crippen LogP contribution in [0.1, 0.15) is 42.6 Å². The molecule has 5 heteroatoms. The summed E-state index contributed by atoms with van der Waals surface area (Å²) in [6, 6.07) is 0. The summed E-state index contributed by atoms with van der Waals surface area (Å²) in [5.41, 5.74) is 0.453. The highest BCUT2D eigenvalue weighted by Crippen LogP contribution is 2.30. The van der Waals surface area contributed by atoms with E-state index in [4.69, 9.17) is 16.3 Å². The first-order valence-electron chi connectivity index (χ1n) is 6.39. The largest absolute Gasteiger partial charge is 0.373 e. The summed E-state index contributed by atoms with van der Waals surface area (Å²) < 4.78 is 6.96. The van der Waals surface area contributed by atoms with Crippen LogP contribution in [0.15, 0.2) is 6.20 Å². The van der Waals surface area contributed by atoms with Crippen molar-refractivity contribution in [3.8, 4) is 0 Å². The number of ether oxygens (including phenoxy) is 1. The van der Waals surface area contributed by atoms with Crippen LogP contribution in [-0.4, -0.2) is 28.8 Å². The Hall–Kier alpha value is -0.870. The molecule has 1 saturated carbocycles. The first-order valence-corrected chi connectivity index (χ1v) is 6.77. The maximum atomic E-state index is 12.5. The van der Waals surface area contributed by atoms with E-state index >= 15 is 0 Å². The topological polar surface area (TPSA) is 44.1 Å². The molecule has 0 amide bonds. The van der Waals surface area contributed by atoms with Crippen LogP contribution >= 0.6 is 11.6 Å². The summed E-state index contributed by atoms with van der Waals surface area (Å²) in [7, 11) is 3.33. The van der Waals surface area contributed by atoms with E-state index in [-0.39, 0.29) is 5.78 Å². The summed E-state index contributed by atoms with van der Waals surface area (Å²) in [6.07, 6.45) is 6.83. The highest BCUT2D eigenvalue weighted by molar-refractivity contribution is 6.33. The zero-order chi connectivity index (χ0) is 13.1. The number of Topliss-reactive ketones (excluding diaryl/α,β-unsaturated/α-hetero) is 1. The number of halogens is 1. The Labute approximate surface area is 112 Å². The minimum absolute atomic E-state index is 0.0469. The number of rotatable bonds is 4. The quantitative estimate of drug-likeness (QED) is 0.790. The van der Waals surface area contributed by atoms with Crippen molar-refractivity contribution in [2.24, 2.45) is 13.0 Å². The number of nitrogens with zero attached hydrogens (tertiary/aromatic N) is 2. The van der Waals surface area contributed by atoms with Gasteiger partial charge >= 0.3 is 0 Å². The van der Waals surface area contributed by atoms with Gasteiger partial charge in [0.2, 0.25) is 5.78 Å². The molecule has 1 aliphatic carbocycles. The van der Waals surface area contributed by atoms with E-state index in [1.807, 2.05) is 0 Å². The Morgan fingerprint density at radius 3 is 2.67 bits per heavy atom. The lowest BCUT2D eigenvalue weighted by Crippen LogP contribution is -2.34. The third kappa shape index (κ3) is 2.59. The average molecular weight is 271 g/mol. The lowest BCUT2D eigenvalue weighted by atomic mass is 9.83. The molecule has 1 unspecified atom stereocenters. The predicted octanol–water partition coefficient (Wildman–Crippen LogP) is 2.85. The second kappa shape index (κ2) is 5.85. The van der Waals surface area contributed by atoms with Gasteiger partial charge in [0, 0.05) is 14.2 Å². The molecule has 2 rings (SSSR count). The third-order valence-corrected chi connectivity index (χ3v) is 3.99. The van der Waals surface area contributed by atoms with E-state index in [1.165, 1.54) is 30.1 Å². The third-order valence-electron chi connectivity index (χ3n) is 3.72. The van der Waals surface area contributed by atoms with Crippen LogP contribution in [0.2, 0.25) is 5.02 Å². The van der Waals surface area contributed by atoms with E-state index in [1.54, 1.807) is 14.2 Å². The molecule has 4 nitrogen and oxygen atoms in total. The summed E-state index contributed by atoms with van der Waals surface area (Å²) in [5, 5.41) is 4.41. The SMILES string of the molecule is COC(C(=O)c1c(Cl)cnn1C)C1CCCCC1. The number of methoxy groups -OCH3 is 1. The van der Waals surface area contributed by atoms with Crippen LogP contribution in [-0.2, 0) is 11.8 Å². The average Bonchev–Trinajstić information content (AvgIpc) is 2.71. The lowest BCUT2D eigenvalue weighted by Gasteiger charge is -2.28. The van der Waals surface area contributed by atoms with Gasteiger partial charge < -0.3 is 4.74 Å². The monoisotopic (exact) mass is 270 g/mol. The maximum absolute atomic E-state index is 12.5. The number of ketones is 1. The van der Waals surface area contributed by atoms with Crippen molar-refractivity contribution < 1.29 is 9.53 Å². The molecular weight excluding hydrogens is 252 g/mol. The predicted molar refractivity (Wildman–Crippen MR) is 69.9 cm³/mol. The van der Waals surface area contributed by atoms with Crippen molar-refractivity contribution in [2.75, 3.05) is 7.11 Å². The minimum atomic E-state index is -0.391. The Bertz CT molecular complexity index is 405. The molecule has 1 aliphatic rings. The lowest BCUT2D eigenvalue weighted by molar-refractivity contribution is 0.0306. The Morgan fingerprint density at radius 2 is 2.17 bits per heavy atom. The highest BCUT2D eigenvalue weighted by atomic mass is 35.5. The highest BCUT2D eigenvalue weighted by Gasteiger charge is 2.32. The van der Waals surface area contributed by atoms with Crippen LogP contribution in [0.5, 0.6) is 0 Å². The minimum Gasteiger partial charge on any atom is -0.373 e. The van der Waals surface area contributed by atoms with Gasteiger partial charge in [0.05, 0.1) is 11.2 Å². The molecule has 1 aromatic heterocycles. The Morgan fingerprint density at radius 1 is 1.50 bits per heavy atom. The van der Waals surface area contributed by atoms with Crippen LogP contribution in [0.25, 0.3) is 0 Å². The fourth-order valence-electron chi connectivity index (χ4n) is 2.77. The fourth-order valence-corrected chi connectivity index (χ4v) is 3.03. The van der Waals surface area contributed by atoms with E-state index in [0.717, 1.165) is 12.8 Å². The van der Waals surface area contributed by atoms with E-state index < -0.39 is 6.10 Å².